The molecule has 1 atom stereocenters. The average molecular weight is 589 g/mol. The van der Waals surface area contributed by atoms with E-state index in [1.54, 1.807) is 30.6 Å². The molecular weight excluding hydrogens is 564 g/mol. The van der Waals surface area contributed by atoms with E-state index in [4.69, 9.17) is 25.8 Å². The van der Waals surface area contributed by atoms with Gasteiger partial charge in [-0.15, -0.1) is 10.2 Å². The number of nitrogens with one attached hydrogen (secondary N) is 1. The molecule has 40 heavy (non-hydrogen) atoms. The van der Waals surface area contributed by atoms with Gasteiger partial charge < -0.3 is 19.1 Å². The Morgan fingerprint density at radius 1 is 1.07 bits per heavy atom. The molecule has 1 fully saturated rings. The van der Waals surface area contributed by atoms with E-state index < -0.39 is 11.3 Å². The minimum Gasteiger partial charge on any atom is -0.481 e. The van der Waals surface area contributed by atoms with Crippen LogP contribution in [0.15, 0.2) is 36.9 Å². The van der Waals surface area contributed by atoms with E-state index in [1.165, 1.54) is 25.1 Å². The number of pyridine rings is 1. The van der Waals surface area contributed by atoms with Crippen LogP contribution in [0.4, 0.5) is 11.9 Å². The van der Waals surface area contributed by atoms with Crippen molar-refractivity contribution in [1.82, 2.24) is 39.7 Å². The zero-order valence-electron chi connectivity index (χ0n) is 21.5. The fourth-order valence-electron chi connectivity index (χ4n) is 4.22. The van der Waals surface area contributed by atoms with Gasteiger partial charge in [-0.05, 0) is 24.8 Å². The van der Waals surface area contributed by atoms with E-state index in [0.29, 0.717) is 29.2 Å². The van der Waals surface area contributed by atoms with Gasteiger partial charge in [-0.25, -0.2) is 28.5 Å². The highest BCUT2D eigenvalue weighted by Gasteiger charge is 2.27. The molecule has 0 radical (unpaired) electrons. The van der Waals surface area contributed by atoms with Crippen molar-refractivity contribution >= 4 is 34.8 Å². The van der Waals surface area contributed by atoms with Crippen LogP contribution in [0.3, 0.4) is 0 Å². The number of piperidine rings is 1. The first-order chi connectivity index (χ1) is 19.5. The molecule has 5 heterocycles. The number of anilines is 2. The van der Waals surface area contributed by atoms with Gasteiger partial charge in [0, 0.05) is 19.2 Å². The highest BCUT2D eigenvalue weighted by Crippen LogP contribution is 2.35. The van der Waals surface area contributed by atoms with Gasteiger partial charge in [-0.2, -0.15) is 9.97 Å². The zero-order chi connectivity index (χ0) is 28.1. The van der Waals surface area contributed by atoms with Gasteiger partial charge in [0.15, 0.2) is 11.5 Å². The molecule has 2 N–H and O–H groups in total. The Kier molecular flexibility index (Phi) is 8.47. The number of hydrogen-bond donors (Lipinski definition) is 2. The second-order valence-corrected chi connectivity index (χ2v) is 9.72. The number of halogens is 1. The predicted octanol–water partition coefficient (Wildman–Crippen LogP) is 2.42. The molecule has 0 aliphatic carbocycles. The van der Waals surface area contributed by atoms with Gasteiger partial charge in [-0.1, -0.05) is 17.7 Å². The quantitative estimate of drug-likeness (QED) is 0.258. The van der Waals surface area contributed by atoms with Crippen LogP contribution in [0.2, 0.25) is 5.02 Å². The number of aromatic nitrogens is 8. The molecule has 4 aromatic heterocycles. The lowest BCUT2D eigenvalue weighted by Gasteiger charge is -2.31. The topological polar surface area (TPSA) is 175 Å². The summed E-state index contributed by atoms with van der Waals surface area (Å²) in [5.74, 6) is 1.65. The first kappa shape index (κ1) is 27.4. The third kappa shape index (κ3) is 6.03. The number of rotatable bonds is 10. The lowest BCUT2D eigenvalue weighted by molar-refractivity contribution is 0.214. The largest absolute Gasteiger partial charge is 0.481 e. The predicted molar refractivity (Wildman–Crippen MR) is 145 cm³/mol. The number of hydrogen-bond acceptors (Lipinski definition) is 12. The SMILES string of the molecule is COc1cccc(-c2nnc(NS(=O)O)n2-c2c(OC)ncnc2OCC2CCN(c3ncc(Cl)cn3)CC2)n1. The van der Waals surface area contributed by atoms with Crippen LogP contribution in [-0.2, 0) is 11.3 Å². The summed E-state index contributed by atoms with van der Waals surface area (Å²) in [7, 11) is 2.93. The van der Waals surface area contributed by atoms with Gasteiger partial charge in [0.1, 0.15) is 12.0 Å². The maximum Gasteiger partial charge on any atom is 0.261 e. The molecule has 0 aromatic carbocycles. The summed E-state index contributed by atoms with van der Waals surface area (Å²) in [6, 6.07) is 5.10. The summed E-state index contributed by atoms with van der Waals surface area (Å²) in [6.07, 6.45) is 6.15. The summed E-state index contributed by atoms with van der Waals surface area (Å²) >= 11 is 3.45. The second-order valence-electron chi connectivity index (χ2n) is 8.58. The Hall–Kier alpha value is -4.15. The Labute approximate surface area is 236 Å². The van der Waals surface area contributed by atoms with Crippen molar-refractivity contribution in [2.24, 2.45) is 5.92 Å². The van der Waals surface area contributed by atoms with Crippen LogP contribution in [0.5, 0.6) is 17.6 Å². The first-order valence-electron chi connectivity index (χ1n) is 12.1. The molecule has 15 nitrogen and oxygen atoms in total. The third-order valence-corrected chi connectivity index (χ3v) is 6.69. The van der Waals surface area contributed by atoms with Crippen molar-refractivity contribution in [3.63, 3.8) is 0 Å². The smallest absolute Gasteiger partial charge is 0.261 e. The molecule has 1 aliphatic heterocycles. The van der Waals surface area contributed by atoms with Gasteiger partial charge in [0.2, 0.25) is 29.5 Å². The minimum atomic E-state index is -2.46. The van der Waals surface area contributed by atoms with Crippen molar-refractivity contribution in [1.29, 1.82) is 0 Å². The maximum absolute atomic E-state index is 11.7. The Morgan fingerprint density at radius 3 is 2.52 bits per heavy atom. The van der Waals surface area contributed by atoms with Gasteiger partial charge in [-0.3, -0.25) is 4.55 Å². The van der Waals surface area contributed by atoms with Crippen LogP contribution in [0.25, 0.3) is 17.2 Å². The molecule has 210 valence electrons. The Balaban J connectivity index is 1.43. The second kappa shape index (κ2) is 12.4. The molecule has 17 heteroatoms. The average Bonchev–Trinajstić information content (AvgIpc) is 3.38. The fraction of sp³-hybridized carbons (Fsp3) is 0.348. The maximum atomic E-state index is 11.7. The molecule has 0 amide bonds. The summed E-state index contributed by atoms with van der Waals surface area (Å²) in [6.45, 7) is 1.86. The highest BCUT2D eigenvalue weighted by atomic mass is 35.5. The summed E-state index contributed by atoms with van der Waals surface area (Å²) in [5, 5.41) is 8.73. The van der Waals surface area contributed by atoms with Crippen molar-refractivity contribution < 1.29 is 23.0 Å². The van der Waals surface area contributed by atoms with Crippen LogP contribution in [-0.4, -0.2) is 82.4 Å². The van der Waals surface area contributed by atoms with E-state index in [2.05, 4.69) is 44.7 Å². The van der Waals surface area contributed by atoms with Crippen molar-refractivity contribution in [2.75, 3.05) is 43.5 Å². The molecule has 5 rings (SSSR count). The highest BCUT2D eigenvalue weighted by molar-refractivity contribution is 7.80. The Bertz CT molecular complexity index is 1480. The first-order valence-corrected chi connectivity index (χ1v) is 13.5. The van der Waals surface area contributed by atoms with E-state index >= 15 is 0 Å². The normalized spacial score (nSPS) is 14.6. The fourth-order valence-corrected chi connectivity index (χ4v) is 4.60. The Morgan fingerprint density at radius 2 is 1.82 bits per heavy atom. The van der Waals surface area contributed by atoms with E-state index in [9.17, 15) is 8.76 Å². The molecule has 1 saturated heterocycles. The van der Waals surface area contributed by atoms with Crippen LogP contribution in [0.1, 0.15) is 12.8 Å². The molecule has 0 bridgehead atoms. The molecule has 0 spiro atoms. The zero-order valence-corrected chi connectivity index (χ0v) is 23.0. The van der Waals surface area contributed by atoms with Crippen LogP contribution >= 0.6 is 11.6 Å². The molecule has 1 unspecified atom stereocenters. The number of ether oxygens (including phenoxy) is 3. The lowest BCUT2D eigenvalue weighted by Crippen LogP contribution is -2.36. The van der Waals surface area contributed by atoms with Crippen molar-refractivity contribution in [2.45, 2.75) is 12.8 Å². The lowest BCUT2D eigenvalue weighted by atomic mass is 9.98. The molecular formula is C23H25ClN10O5S. The molecule has 4 aromatic rings. The van der Waals surface area contributed by atoms with E-state index in [1.807, 2.05) is 0 Å². The van der Waals surface area contributed by atoms with Gasteiger partial charge in [0.05, 0.1) is 38.2 Å². The standard InChI is InChI=1S/C23H25ClN10O5S/c1-37-17-5-3-4-16(29-17)19-30-31-23(32-40(35)36)34(19)18-20(38-2)27-13-28-21(18)39-12-14-6-8-33(9-7-14)22-25-10-15(24)11-26-22/h3-5,10-11,13-14H,6-9,12H2,1-2H3,(H,31,32)(H,35,36). The third-order valence-electron chi connectivity index (χ3n) is 6.14. The number of methoxy groups -OCH3 is 2. The van der Waals surface area contributed by atoms with Gasteiger partial charge in [0.25, 0.3) is 11.3 Å². The minimum absolute atomic E-state index is 0.0744. The monoisotopic (exact) mass is 588 g/mol. The molecule has 0 saturated carbocycles. The van der Waals surface area contributed by atoms with Crippen molar-refractivity contribution in [3.05, 3.63) is 41.9 Å². The van der Waals surface area contributed by atoms with Crippen molar-refractivity contribution in [3.8, 4) is 34.8 Å². The summed E-state index contributed by atoms with van der Waals surface area (Å²) in [5.41, 5.74) is 0.604. The summed E-state index contributed by atoms with van der Waals surface area (Å²) < 4.78 is 42.0. The van der Waals surface area contributed by atoms with Crippen LogP contribution in [0, 0.1) is 5.92 Å². The van der Waals surface area contributed by atoms with E-state index in [-0.39, 0.29) is 35.1 Å². The van der Waals surface area contributed by atoms with Crippen LogP contribution < -0.4 is 23.8 Å². The molecule has 1 aliphatic rings. The van der Waals surface area contributed by atoms with E-state index in [0.717, 1.165) is 25.9 Å². The van der Waals surface area contributed by atoms with Gasteiger partial charge >= 0.3 is 0 Å². The number of nitrogens with zero attached hydrogens (tertiary/aromatic N) is 9. The summed E-state index contributed by atoms with van der Waals surface area (Å²) in [4.78, 5) is 23.7.